The summed E-state index contributed by atoms with van der Waals surface area (Å²) < 4.78 is 1.79. The van der Waals surface area contributed by atoms with Crippen molar-refractivity contribution < 1.29 is 5.11 Å². The van der Waals surface area contributed by atoms with Gasteiger partial charge in [0.25, 0.3) is 0 Å². The highest BCUT2D eigenvalue weighted by Crippen LogP contribution is 2.16. The lowest BCUT2D eigenvalue weighted by molar-refractivity contribution is 0.0737. The van der Waals surface area contributed by atoms with Crippen molar-refractivity contribution in [3.05, 3.63) is 11.9 Å². The summed E-state index contributed by atoms with van der Waals surface area (Å²) in [6, 6.07) is 0. The molecule has 0 radical (unpaired) electrons. The maximum absolute atomic E-state index is 9.68. The van der Waals surface area contributed by atoms with Gasteiger partial charge in [-0.3, -0.25) is 4.68 Å². The molecule has 1 rings (SSSR count). The van der Waals surface area contributed by atoms with E-state index in [1.165, 1.54) is 0 Å². The molecule has 0 saturated heterocycles. The summed E-state index contributed by atoms with van der Waals surface area (Å²) in [5.41, 5.74) is -0.269. The van der Waals surface area contributed by atoms with Gasteiger partial charge in [0.1, 0.15) is 11.3 Å². The van der Waals surface area contributed by atoms with Crippen molar-refractivity contribution in [2.24, 2.45) is 5.92 Å². The van der Waals surface area contributed by atoms with Crippen LogP contribution in [0.4, 0.5) is 0 Å². The Morgan fingerprint density at radius 3 is 2.64 bits per heavy atom. The Morgan fingerprint density at radius 2 is 2.21 bits per heavy atom. The summed E-state index contributed by atoms with van der Waals surface area (Å²) in [4.78, 5) is 0. The Morgan fingerprint density at radius 1 is 1.57 bits per heavy atom. The van der Waals surface area contributed by atoms with E-state index in [2.05, 4.69) is 24.2 Å². The molecule has 1 atom stereocenters. The van der Waals surface area contributed by atoms with Gasteiger partial charge in [0.05, 0.1) is 6.20 Å². The van der Waals surface area contributed by atoms with Crippen molar-refractivity contribution in [3.8, 4) is 0 Å². The van der Waals surface area contributed by atoms with E-state index < -0.39 is 5.60 Å². The molecule has 1 unspecified atom stereocenters. The lowest BCUT2D eigenvalue weighted by Crippen LogP contribution is -2.16. The topological polar surface area (TPSA) is 50.9 Å². The Labute approximate surface area is 84.9 Å². The smallest absolute Gasteiger partial charge is 0.114 e. The average Bonchev–Trinajstić information content (AvgIpc) is 2.51. The molecule has 0 spiro atoms. The number of hydrogen-bond donors (Lipinski definition) is 1. The van der Waals surface area contributed by atoms with Gasteiger partial charge in [-0.2, -0.15) is 0 Å². The van der Waals surface area contributed by atoms with E-state index in [0.717, 1.165) is 13.0 Å². The van der Waals surface area contributed by atoms with E-state index in [4.69, 9.17) is 0 Å². The molecule has 1 heterocycles. The number of rotatable bonds is 4. The molecule has 1 aromatic heterocycles. The van der Waals surface area contributed by atoms with E-state index in [1.54, 1.807) is 18.5 Å². The van der Waals surface area contributed by atoms with Crippen LogP contribution in [-0.2, 0) is 12.1 Å². The Balaban J connectivity index is 2.69. The van der Waals surface area contributed by atoms with Crippen LogP contribution in [-0.4, -0.2) is 20.1 Å². The highest BCUT2D eigenvalue weighted by molar-refractivity contribution is 5.02. The lowest BCUT2D eigenvalue weighted by atomic mass is 10.1. The van der Waals surface area contributed by atoms with Crippen molar-refractivity contribution in [1.29, 1.82) is 0 Å². The third-order valence-corrected chi connectivity index (χ3v) is 2.36. The third-order valence-electron chi connectivity index (χ3n) is 2.36. The molecule has 4 heteroatoms. The SMILES string of the molecule is CCC(C)Cn1cc(C(C)(C)O)nn1. The van der Waals surface area contributed by atoms with Crippen LogP contribution in [0.3, 0.4) is 0 Å². The summed E-state index contributed by atoms with van der Waals surface area (Å²) >= 11 is 0. The molecular weight excluding hydrogens is 178 g/mol. The van der Waals surface area contributed by atoms with Gasteiger partial charge in [-0.25, -0.2) is 0 Å². The minimum atomic E-state index is -0.895. The van der Waals surface area contributed by atoms with Crippen molar-refractivity contribution in [3.63, 3.8) is 0 Å². The standard InChI is InChI=1S/C10H19N3O/c1-5-8(2)6-13-7-9(11-12-13)10(3,4)14/h7-8,14H,5-6H2,1-4H3. The van der Waals surface area contributed by atoms with E-state index in [-0.39, 0.29) is 0 Å². The fraction of sp³-hybridized carbons (Fsp3) is 0.800. The van der Waals surface area contributed by atoms with Crippen LogP contribution in [0.15, 0.2) is 6.20 Å². The van der Waals surface area contributed by atoms with Crippen LogP contribution in [0.2, 0.25) is 0 Å². The molecule has 0 fully saturated rings. The van der Waals surface area contributed by atoms with E-state index in [1.807, 2.05) is 6.20 Å². The number of hydrogen-bond acceptors (Lipinski definition) is 3. The van der Waals surface area contributed by atoms with E-state index in [0.29, 0.717) is 11.6 Å². The lowest BCUT2D eigenvalue weighted by Gasteiger charge is -2.12. The minimum Gasteiger partial charge on any atom is -0.384 e. The first-order valence-electron chi connectivity index (χ1n) is 5.06. The molecule has 1 N–H and O–H groups in total. The van der Waals surface area contributed by atoms with Crippen molar-refractivity contribution >= 4 is 0 Å². The molecule has 1 aromatic rings. The summed E-state index contributed by atoms with van der Waals surface area (Å²) in [7, 11) is 0. The first kappa shape index (κ1) is 11.2. The Hall–Kier alpha value is -0.900. The monoisotopic (exact) mass is 197 g/mol. The van der Waals surface area contributed by atoms with Crippen molar-refractivity contribution in [1.82, 2.24) is 15.0 Å². The second kappa shape index (κ2) is 4.09. The number of aliphatic hydroxyl groups is 1. The van der Waals surface area contributed by atoms with Crippen molar-refractivity contribution in [2.75, 3.05) is 0 Å². The third kappa shape index (κ3) is 2.80. The predicted octanol–water partition coefficient (Wildman–Crippen LogP) is 1.55. The van der Waals surface area contributed by atoms with Crippen molar-refractivity contribution in [2.45, 2.75) is 46.3 Å². The zero-order chi connectivity index (χ0) is 10.8. The molecule has 0 saturated carbocycles. The Kier molecular flexibility index (Phi) is 3.26. The molecule has 0 aliphatic heterocycles. The van der Waals surface area contributed by atoms with Gasteiger partial charge in [0.2, 0.25) is 0 Å². The maximum atomic E-state index is 9.68. The molecule has 4 nitrogen and oxygen atoms in total. The van der Waals surface area contributed by atoms with E-state index >= 15 is 0 Å². The van der Waals surface area contributed by atoms with Gasteiger partial charge in [0.15, 0.2) is 0 Å². The predicted molar refractivity (Wildman–Crippen MR) is 54.7 cm³/mol. The maximum Gasteiger partial charge on any atom is 0.114 e. The van der Waals surface area contributed by atoms with Crippen LogP contribution >= 0.6 is 0 Å². The van der Waals surface area contributed by atoms with Gasteiger partial charge in [-0.1, -0.05) is 25.5 Å². The molecule has 80 valence electrons. The quantitative estimate of drug-likeness (QED) is 0.796. The zero-order valence-corrected chi connectivity index (χ0v) is 9.36. The fourth-order valence-electron chi connectivity index (χ4n) is 1.12. The first-order chi connectivity index (χ1) is 6.43. The van der Waals surface area contributed by atoms with Crippen LogP contribution < -0.4 is 0 Å². The minimum absolute atomic E-state index is 0.589. The average molecular weight is 197 g/mol. The largest absolute Gasteiger partial charge is 0.384 e. The second-order valence-electron chi connectivity index (χ2n) is 4.40. The molecule has 14 heavy (non-hydrogen) atoms. The summed E-state index contributed by atoms with van der Waals surface area (Å²) in [6.07, 6.45) is 2.93. The highest BCUT2D eigenvalue weighted by atomic mass is 16.3. The molecule has 0 aliphatic rings. The molecular formula is C10H19N3O. The van der Waals surface area contributed by atoms with Gasteiger partial charge in [-0.05, 0) is 19.8 Å². The molecule has 0 amide bonds. The number of aromatic nitrogens is 3. The highest BCUT2D eigenvalue weighted by Gasteiger charge is 2.20. The molecule has 0 aromatic carbocycles. The normalized spacial score (nSPS) is 14.4. The van der Waals surface area contributed by atoms with Crippen LogP contribution in [0.5, 0.6) is 0 Å². The first-order valence-corrected chi connectivity index (χ1v) is 5.06. The van der Waals surface area contributed by atoms with Gasteiger partial charge in [0, 0.05) is 6.54 Å². The number of nitrogens with zero attached hydrogens (tertiary/aromatic N) is 3. The van der Waals surface area contributed by atoms with Gasteiger partial charge < -0.3 is 5.11 Å². The molecule has 0 bridgehead atoms. The van der Waals surface area contributed by atoms with Crippen LogP contribution in [0, 0.1) is 5.92 Å². The molecule has 0 aliphatic carbocycles. The van der Waals surface area contributed by atoms with Crippen LogP contribution in [0.25, 0.3) is 0 Å². The Bertz CT molecular complexity index is 288. The summed E-state index contributed by atoms with van der Waals surface area (Å²) in [5.74, 6) is 0.589. The zero-order valence-electron chi connectivity index (χ0n) is 9.36. The van der Waals surface area contributed by atoms with E-state index in [9.17, 15) is 5.11 Å². The summed E-state index contributed by atoms with van der Waals surface area (Å²) in [5, 5.41) is 17.6. The second-order valence-corrected chi connectivity index (χ2v) is 4.40. The van der Waals surface area contributed by atoms with Gasteiger partial charge in [-0.15, -0.1) is 5.10 Å². The fourth-order valence-corrected chi connectivity index (χ4v) is 1.12. The van der Waals surface area contributed by atoms with Gasteiger partial charge >= 0.3 is 0 Å². The van der Waals surface area contributed by atoms with Crippen LogP contribution in [0.1, 0.15) is 39.8 Å². The summed E-state index contributed by atoms with van der Waals surface area (Å²) in [6.45, 7) is 8.61.